The quantitative estimate of drug-likeness (QED) is 0.785. The predicted octanol–water partition coefficient (Wildman–Crippen LogP) is 4.96. The molecule has 0 bridgehead atoms. The summed E-state index contributed by atoms with van der Waals surface area (Å²) in [5, 5.41) is 0.965. The van der Waals surface area contributed by atoms with Gasteiger partial charge >= 0.3 is 0 Å². The smallest absolute Gasteiger partial charge is 0.219 e. The summed E-state index contributed by atoms with van der Waals surface area (Å²) in [5.74, 6) is 0.874. The minimum Gasteiger partial charge on any atom is -0.437 e. The molecule has 2 N–H and O–H groups in total. The third-order valence-corrected chi connectivity index (χ3v) is 3.97. The van der Waals surface area contributed by atoms with E-state index in [-0.39, 0.29) is 6.04 Å². The van der Waals surface area contributed by atoms with Crippen molar-refractivity contribution in [3.8, 4) is 11.6 Å². The van der Waals surface area contributed by atoms with Crippen LogP contribution in [0.5, 0.6) is 11.6 Å². The van der Waals surface area contributed by atoms with Crippen LogP contribution in [0, 0.1) is 0 Å². The lowest BCUT2D eigenvalue weighted by molar-refractivity contribution is 0.461. The third kappa shape index (κ3) is 3.60. The van der Waals surface area contributed by atoms with Gasteiger partial charge in [0.05, 0.1) is 10.0 Å². The van der Waals surface area contributed by atoms with Crippen LogP contribution in [0.1, 0.15) is 18.5 Å². The standard InChI is InChI=1S/C13H11BrCl2N2O/c1-7(17)8-2-3-18-13(4-8)19-12-6-10(15)9(14)5-11(12)16/h2-7H,17H2,1H3/t7-/m1/s1. The van der Waals surface area contributed by atoms with Gasteiger partial charge in [-0.2, -0.15) is 0 Å². The Morgan fingerprint density at radius 2 is 2.00 bits per heavy atom. The molecule has 0 fully saturated rings. The fraction of sp³-hybridized carbons (Fsp3) is 0.154. The van der Waals surface area contributed by atoms with Crippen molar-refractivity contribution in [2.45, 2.75) is 13.0 Å². The lowest BCUT2D eigenvalue weighted by Crippen LogP contribution is -2.05. The Kier molecular flexibility index (Phi) is 4.68. The van der Waals surface area contributed by atoms with E-state index >= 15 is 0 Å². The molecule has 1 aromatic heterocycles. The highest BCUT2D eigenvalue weighted by atomic mass is 79.9. The van der Waals surface area contributed by atoms with Gasteiger partial charge in [-0.3, -0.25) is 0 Å². The summed E-state index contributed by atoms with van der Waals surface area (Å²) >= 11 is 15.4. The summed E-state index contributed by atoms with van der Waals surface area (Å²) in [6, 6.07) is 6.84. The number of pyridine rings is 1. The van der Waals surface area contributed by atoms with E-state index in [2.05, 4.69) is 20.9 Å². The molecule has 0 aliphatic heterocycles. The molecule has 19 heavy (non-hydrogen) atoms. The highest BCUT2D eigenvalue weighted by molar-refractivity contribution is 9.10. The second-order valence-electron chi connectivity index (χ2n) is 4.01. The Labute approximate surface area is 129 Å². The average Bonchev–Trinajstić information content (AvgIpc) is 2.36. The number of nitrogens with zero attached hydrogens (tertiary/aromatic N) is 1. The molecule has 0 aliphatic carbocycles. The van der Waals surface area contributed by atoms with E-state index in [1.54, 1.807) is 24.4 Å². The number of aromatic nitrogens is 1. The second kappa shape index (κ2) is 6.09. The maximum absolute atomic E-state index is 6.09. The SMILES string of the molecule is C[C@@H](N)c1ccnc(Oc2cc(Cl)c(Br)cc2Cl)c1. The van der Waals surface area contributed by atoms with E-state index in [4.69, 9.17) is 33.7 Å². The molecular formula is C13H11BrCl2N2O. The number of halogens is 3. The number of ether oxygens (including phenoxy) is 1. The number of rotatable bonds is 3. The van der Waals surface area contributed by atoms with Crippen molar-refractivity contribution in [2.24, 2.45) is 5.73 Å². The average molecular weight is 362 g/mol. The van der Waals surface area contributed by atoms with Gasteiger partial charge in [0.15, 0.2) is 0 Å². The molecule has 0 saturated carbocycles. The molecular weight excluding hydrogens is 351 g/mol. The van der Waals surface area contributed by atoms with Crippen molar-refractivity contribution in [2.75, 3.05) is 0 Å². The highest BCUT2D eigenvalue weighted by Gasteiger charge is 2.09. The summed E-state index contributed by atoms with van der Waals surface area (Å²) in [5.41, 5.74) is 6.75. The van der Waals surface area contributed by atoms with Gasteiger partial charge in [0.2, 0.25) is 5.88 Å². The van der Waals surface area contributed by atoms with Crippen LogP contribution in [0.25, 0.3) is 0 Å². The van der Waals surface area contributed by atoms with Crippen LogP contribution >= 0.6 is 39.1 Å². The van der Waals surface area contributed by atoms with Gasteiger partial charge in [0.1, 0.15) is 5.75 Å². The first kappa shape index (κ1) is 14.6. The van der Waals surface area contributed by atoms with Crippen LogP contribution in [0.3, 0.4) is 0 Å². The predicted molar refractivity (Wildman–Crippen MR) is 81.1 cm³/mol. The van der Waals surface area contributed by atoms with Crippen molar-refractivity contribution >= 4 is 39.1 Å². The molecule has 3 nitrogen and oxygen atoms in total. The first-order chi connectivity index (χ1) is 8.97. The number of hydrogen-bond donors (Lipinski definition) is 1. The maximum atomic E-state index is 6.09. The van der Waals surface area contributed by atoms with Gasteiger partial charge in [-0.15, -0.1) is 0 Å². The minimum absolute atomic E-state index is 0.0886. The van der Waals surface area contributed by atoms with Crippen molar-refractivity contribution < 1.29 is 4.74 Å². The molecule has 6 heteroatoms. The number of benzene rings is 1. The Hall–Kier alpha value is -0.810. The highest BCUT2D eigenvalue weighted by Crippen LogP contribution is 2.36. The molecule has 2 rings (SSSR count). The lowest BCUT2D eigenvalue weighted by atomic mass is 10.1. The molecule has 1 aromatic carbocycles. The van der Waals surface area contributed by atoms with E-state index in [0.29, 0.717) is 26.1 Å². The summed E-state index contributed by atoms with van der Waals surface area (Å²) in [6.45, 7) is 1.89. The van der Waals surface area contributed by atoms with Crippen LogP contribution in [0.15, 0.2) is 34.9 Å². The summed E-state index contributed by atoms with van der Waals surface area (Å²) < 4.78 is 6.34. The van der Waals surface area contributed by atoms with Gasteiger partial charge in [-0.05, 0) is 40.5 Å². The molecule has 1 heterocycles. The van der Waals surface area contributed by atoms with Gasteiger partial charge in [-0.25, -0.2) is 4.98 Å². The molecule has 2 aromatic rings. The van der Waals surface area contributed by atoms with E-state index in [1.165, 1.54) is 0 Å². The molecule has 1 atom stereocenters. The van der Waals surface area contributed by atoms with Gasteiger partial charge in [0.25, 0.3) is 0 Å². The van der Waals surface area contributed by atoms with Crippen molar-refractivity contribution in [1.82, 2.24) is 4.98 Å². The Balaban J connectivity index is 2.31. The normalized spacial score (nSPS) is 12.3. The first-order valence-electron chi connectivity index (χ1n) is 5.51. The van der Waals surface area contributed by atoms with Crippen molar-refractivity contribution in [3.63, 3.8) is 0 Å². The molecule has 0 saturated heterocycles. The van der Waals surface area contributed by atoms with Crippen LogP contribution in [0.4, 0.5) is 0 Å². The molecule has 0 amide bonds. The Bertz CT molecular complexity index is 605. The van der Waals surface area contributed by atoms with Gasteiger partial charge in [-0.1, -0.05) is 23.2 Å². The molecule has 100 valence electrons. The zero-order valence-electron chi connectivity index (χ0n) is 10.0. The van der Waals surface area contributed by atoms with Crippen LogP contribution in [-0.4, -0.2) is 4.98 Å². The van der Waals surface area contributed by atoms with E-state index < -0.39 is 0 Å². The van der Waals surface area contributed by atoms with E-state index in [9.17, 15) is 0 Å². The van der Waals surface area contributed by atoms with Crippen molar-refractivity contribution in [3.05, 3.63) is 50.5 Å². The van der Waals surface area contributed by atoms with Crippen LogP contribution < -0.4 is 10.5 Å². The first-order valence-corrected chi connectivity index (χ1v) is 7.06. The van der Waals surface area contributed by atoms with E-state index in [0.717, 1.165) is 5.56 Å². The van der Waals surface area contributed by atoms with Crippen LogP contribution in [0.2, 0.25) is 10.0 Å². The fourth-order valence-corrected chi connectivity index (χ4v) is 2.29. The molecule has 0 aliphatic rings. The molecule has 0 radical (unpaired) electrons. The summed E-state index contributed by atoms with van der Waals surface area (Å²) in [6.07, 6.45) is 1.64. The lowest BCUT2D eigenvalue weighted by Gasteiger charge is -2.10. The van der Waals surface area contributed by atoms with Gasteiger partial charge in [0, 0.05) is 28.8 Å². The van der Waals surface area contributed by atoms with Crippen LogP contribution in [-0.2, 0) is 0 Å². The second-order valence-corrected chi connectivity index (χ2v) is 5.68. The summed E-state index contributed by atoms with van der Waals surface area (Å²) in [7, 11) is 0. The molecule has 0 unspecified atom stereocenters. The topological polar surface area (TPSA) is 48.1 Å². The van der Waals surface area contributed by atoms with E-state index in [1.807, 2.05) is 13.0 Å². The number of hydrogen-bond acceptors (Lipinski definition) is 3. The van der Waals surface area contributed by atoms with Crippen molar-refractivity contribution in [1.29, 1.82) is 0 Å². The Morgan fingerprint density at radius 3 is 2.68 bits per heavy atom. The third-order valence-electron chi connectivity index (χ3n) is 2.47. The minimum atomic E-state index is -0.0886. The zero-order valence-corrected chi connectivity index (χ0v) is 13.1. The number of nitrogens with two attached hydrogens (primary N) is 1. The monoisotopic (exact) mass is 360 g/mol. The Morgan fingerprint density at radius 1 is 1.26 bits per heavy atom. The largest absolute Gasteiger partial charge is 0.437 e. The molecule has 0 spiro atoms. The zero-order chi connectivity index (χ0) is 14.0. The fourth-order valence-electron chi connectivity index (χ4n) is 1.46. The van der Waals surface area contributed by atoms with Gasteiger partial charge < -0.3 is 10.5 Å². The maximum Gasteiger partial charge on any atom is 0.219 e. The summed E-state index contributed by atoms with van der Waals surface area (Å²) in [4.78, 5) is 4.12.